The fourth-order valence-electron chi connectivity index (χ4n) is 2.67. The van der Waals surface area contributed by atoms with E-state index in [0.717, 1.165) is 25.6 Å². The van der Waals surface area contributed by atoms with Gasteiger partial charge in [-0.05, 0) is 39.8 Å². The van der Waals surface area contributed by atoms with Crippen LogP contribution in [0.15, 0.2) is 54.7 Å². The van der Waals surface area contributed by atoms with Crippen LogP contribution >= 0.6 is 22.6 Å². The van der Waals surface area contributed by atoms with Gasteiger partial charge in [0.2, 0.25) is 0 Å². The van der Waals surface area contributed by atoms with Crippen LogP contribution in [-0.4, -0.2) is 28.2 Å². The molecule has 1 amide bonds. The number of halogens is 1. The predicted molar refractivity (Wildman–Crippen MR) is 106 cm³/mol. The lowest BCUT2D eigenvalue weighted by Crippen LogP contribution is -2.42. The van der Waals surface area contributed by atoms with Crippen LogP contribution in [0.25, 0.3) is 10.9 Å². The van der Waals surface area contributed by atoms with Crippen molar-refractivity contribution in [3.05, 3.63) is 69.4 Å². The van der Waals surface area contributed by atoms with Gasteiger partial charge in [-0.25, -0.2) is 9.59 Å². The number of carbonyl (C=O) groups is 2. The number of fused-ring (bicyclic) bond motifs is 1. The van der Waals surface area contributed by atoms with E-state index in [0.29, 0.717) is 0 Å². The Morgan fingerprint density at radius 1 is 1.15 bits per heavy atom. The number of aromatic nitrogens is 1. The van der Waals surface area contributed by atoms with Crippen LogP contribution in [-0.2, 0) is 22.6 Å². The molecule has 0 aliphatic carbocycles. The molecule has 1 heterocycles. The molecule has 134 valence electrons. The number of para-hydroxylation sites is 1. The molecule has 2 aromatic carbocycles. The fourth-order valence-corrected chi connectivity index (χ4v) is 3.33. The molecule has 0 saturated carbocycles. The fraction of sp³-hybridized carbons (Fsp3) is 0.158. The summed E-state index contributed by atoms with van der Waals surface area (Å²) in [4.78, 5) is 26.7. The number of carbonyl (C=O) groups excluding carboxylic acids is 1. The molecule has 3 aromatic rings. The van der Waals surface area contributed by atoms with Gasteiger partial charge in [0.15, 0.2) is 0 Å². The van der Waals surface area contributed by atoms with Gasteiger partial charge < -0.3 is 20.1 Å². The van der Waals surface area contributed by atoms with Crippen LogP contribution in [0, 0.1) is 3.57 Å². The van der Waals surface area contributed by atoms with E-state index in [9.17, 15) is 14.7 Å². The molecule has 3 rings (SSSR count). The largest absolute Gasteiger partial charge is 0.480 e. The molecule has 26 heavy (non-hydrogen) atoms. The number of aliphatic carboxylic acids is 1. The molecule has 7 heteroatoms. The Morgan fingerprint density at radius 3 is 2.65 bits per heavy atom. The van der Waals surface area contributed by atoms with Crippen molar-refractivity contribution in [1.29, 1.82) is 0 Å². The Morgan fingerprint density at radius 2 is 1.92 bits per heavy atom. The van der Waals surface area contributed by atoms with Crippen LogP contribution < -0.4 is 5.32 Å². The number of benzene rings is 2. The van der Waals surface area contributed by atoms with Gasteiger partial charge in [0.25, 0.3) is 0 Å². The van der Waals surface area contributed by atoms with Crippen molar-refractivity contribution in [2.45, 2.75) is 19.1 Å². The lowest BCUT2D eigenvalue weighted by Gasteiger charge is -2.14. The summed E-state index contributed by atoms with van der Waals surface area (Å²) in [7, 11) is 0. The van der Waals surface area contributed by atoms with Gasteiger partial charge in [-0.2, -0.15) is 0 Å². The van der Waals surface area contributed by atoms with Crippen molar-refractivity contribution in [1.82, 2.24) is 10.3 Å². The molecule has 1 atom stereocenters. The van der Waals surface area contributed by atoms with Crippen LogP contribution in [0.4, 0.5) is 4.79 Å². The lowest BCUT2D eigenvalue weighted by atomic mass is 10.1. The maximum absolute atomic E-state index is 12.0. The monoisotopic (exact) mass is 464 g/mol. The number of nitrogens with one attached hydrogen (secondary N) is 2. The highest BCUT2D eigenvalue weighted by Gasteiger charge is 2.22. The first kappa shape index (κ1) is 18.2. The Labute approximate surface area is 163 Å². The highest BCUT2D eigenvalue weighted by molar-refractivity contribution is 14.1. The van der Waals surface area contributed by atoms with Crippen LogP contribution in [0.3, 0.4) is 0 Å². The van der Waals surface area contributed by atoms with Crippen molar-refractivity contribution in [2.24, 2.45) is 0 Å². The zero-order valence-corrected chi connectivity index (χ0v) is 15.9. The summed E-state index contributed by atoms with van der Waals surface area (Å²) in [5, 5.41) is 12.8. The van der Waals surface area contributed by atoms with Crippen molar-refractivity contribution in [2.75, 3.05) is 0 Å². The Kier molecular flexibility index (Phi) is 5.77. The first-order valence-corrected chi connectivity index (χ1v) is 9.07. The van der Waals surface area contributed by atoms with Crippen molar-refractivity contribution >= 4 is 45.6 Å². The standard InChI is InChI=1S/C19H17IN2O4/c20-15-8-4-7-14-13(10-21-17(14)15)9-16(18(23)24)22-19(25)26-11-12-5-2-1-3-6-12/h1-8,10,16,21H,9,11H2,(H,22,25)(H,23,24)/t16-/m1/s1. The van der Waals surface area contributed by atoms with E-state index in [2.05, 4.69) is 32.9 Å². The highest BCUT2D eigenvalue weighted by atomic mass is 127. The Hall–Kier alpha value is -2.55. The molecule has 0 bridgehead atoms. The summed E-state index contributed by atoms with van der Waals surface area (Å²) in [5.41, 5.74) is 2.62. The van der Waals surface area contributed by atoms with Crippen LogP contribution in [0.2, 0.25) is 0 Å². The van der Waals surface area contributed by atoms with Gasteiger partial charge in [-0.15, -0.1) is 0 Å². The quantitative estimate of drug-likeness (QED) is 0.486. The minimum absolute atomic E-state index is 0.0876. The van der Waals surface area contributed by atoms with Gasteiger partial charge >= 0.3 is 12.1 Å². The first-order valence-electron chi connectivity index (χ1n) is 7.99. The van der Waals surface area contributed by atoms with Crippen molar-refractivity contribution in [3.63, 3.8) is 0 Å². The first-order chi connectivity index (χ1) is 12.5. The molecule has 0 radical (unpaired) electrons. The summed E-state index contributed by atoms with van der Waals surface area (Å²) in [6, 6.07) is 13.9. The number of carboxylic acids is 1. The number of amides is 1. The minimum atomic E-state index is -1.11. The minimum Gasteiger partial charge on any atom is -0.480 e. The molecule has 0 unspecified atom stereocenters. The van der Waals surface area contributed by atoms with Gasteiger partial charge in [0.05, 0.1) is 5.52 Å². The maximum Gasteiger partial charge on any atom is 0.408 e. The average Bonchev–Trinajstić information content (AvgIpc) is 3.04. The number of aromatic amines is 1. The highest BCUT2D eigenvalue weighted by Crippen LogP contribution is 2.24. The molecule has 0 fully saturated rings. The van der Waals surface area contributed by atoms with Crippen LogP contribution in [0.1, 0.15) is 11.1 Å². The molecular weight excluding hydrogens is 447 g/mol. The van der Waals surface area contributed by atoms with Crippen LogP contribution in [0.5, 0.6) is 0 Å². The topological polar surface area (TPSA) is 91.4 Å². The van der Waals surface area contributed by atoms with E-state index < -0.39 is 18.1 Å². The summed E-state index contributed by atoms with van der Waals surface area (Å²) < 4.78 is 6.16. The third kappa shape index (κ3) is 4.34. The van der Waals surface area contributed by atoms with E-state index in [1.54, 1.807) is 6.20 Å². The van der Waals surface area contributed by atoms with E-state index in [-0.39, 0.29) is 13.0 Å². The second-order valence-electron chi connectivity index (χ2n) is 5.78. The van der Waals surface area contributed by atoms with Crippen molar-refractivity contribution < 1.29 is 19.4 Å². The maximum atomic E-state index is 12.0. The van der Waals surface area contributed by atoms with Gasteiger partial charge in [-0.1, -0.05) is 42.5 Å². The zero-order valence-electron chi connectivity index (χ0n) is 13.7. The third-order valence-electron chi connectivity index (χ3n) is 3.98. The summed E-state index contributed by atoms with van der Waals surface area (Å²) in [6.45, 7) is 0.0876. The molecule has 1 aromatic heterocycles. The Bertz CT molecular complexity index is 924. The van der Waals surface area contributed by atoms with Gasteiger partial charge in [0, 0.05) is 21.6 Å². The molecule has 3 N–H and O–H groups in total. The average molecular weight is 464 g/mol. The summed E-state index contributed by atoms with van der Waals surface area (Å²) in [6.07, 6.45) is 1.19. The number of hydrogen-bond acceptors (Lipinski definition) is 3. The number of H-pyrrole nitrogens is 1. The molecule has 0 saturated heterocycles. The third-order valence-corrected chi connectivity index (χ3v) is 4.88. The molecule has 0 aliphatic rings. The predicted octanol–water partition coefficient (Wildman–Crippen LogP) is 3.69. The van der Waals surface area contributed by atoms with Crippen molar-refractivity contribution in [3.8, 4) is 0 Å². The molecule has 6 nitrogen and oxygen atoms in total. The second kappa shape index (κ2) is 8.22. The lowest BCUT2D eigenvalue weighted by molar-refractivity contribution is -0.139. The van der Waals surface area contributed by atoms with E-state index >= 15 is 0 Å². The molecular formula is C19H17IN2O4. The number of hydrogen-bond donors (Lipinski definition) is 3. The number of carboxylic acid groups (broad SMARTS) is 1. The second-order valence-corrected chi connectivity index (χ2v) is 6.94. The zero-order chi connectivity index (χ0) is 18.5. The summed E-state index contributed by atoms with van der Waals surface area (Å²) >= 11 is 2.22. The smallest absolute Gasteiger partial charge is 0.408 e. The number of alkyl carbamates (subject to hydrolysis) is 1. The molecule has 0 spiro atoms. The van der Waals surface area contributed by atoms with E-state index in [1.807, 2.05) is 48.5 Å². The Balaban J connectivity index is 1.66. The van der Waals surface area contributed by atoms with Gasteiger partial charge in [-0.3, -0.25) is 0 Å². The van der Waals surface area contributed by atoms with E-state index in [4.69, 9.17) is 4.74 Å². The van der Waals surface area contributed by atoms with Gasteiger partial charge in [0.1, 0.15) is 12.6 Å². The normalized spacial score (nSPS) is 11.9. The number of ether oxygens (including phenoxy) is 1. The number of rotatable bonds is 6. The summed E-state index contributed by atoms with van der Waals surface area (Å²) in [5.74, 6) is -1.11. The SMILES string of the molecule is O=C(N[C@H](Cc1c[nH]c2c(I)cccc12)C(=O)O)OCc1ccccc1. The molecule has 0 aliphatic heterocycles. The van der Waals surface area contributed by atoms with E-state index in [1.165, 1.54) is 0 Å².